The molecule has 0 saturated heterocycles. The van der Waals surface area contributed by atoms with E-state index in [0.29, 0.717) is 12.3 Å². The molecule has 0 unspecified atom stereocenters. The first-order valence-corrected chi connectivity index (χ1v) is 8.19. The Hall–Kier alpha value is -2.89. The number of ether oxygens (including phenoxy) is 2. The third-order valence-corrected chi connectivity index (χ3v) is 3.95. The molecule has 0 N–H and O–H groups in total. The maximum absolute atomic E-state index is 12.9. The zero-order valence-corrected chi connectivity index (χ0v) is 15.1. The Morgan fingerprint density at radius 3 is 2.35 bits per heavy atom. The third kappa shape index (κ3) is 5.88. The maximum atomic E-state index is 12.9. The molecule has 0 aromatic heterocycles. The van der Waals surface area contributed by atoms with Crippen molar-refractivity contribution in [2.24, 2.45) is 0 Å². The van der Waals surface area contributed by atoms with Gasteiger partial charge >= 0.3 is 5.97 Å². The smallest absolute Gasteiger partial charge is 0.344 e. The van der Waals surface area contributed by atoms with E-state index in [4.69, 9.17) is 9.47 Å². The molecule has 0 fully saturated rings. The lowest BCUT2D eigenvalue weighted by atomic mass is 10.1. The number of amides is 1. The lowest BCUT2D eigenvalue weighted by molar-refractivity contribution is -0.153. The minimum atomic E-state index is -0.619. The normalized spacial score (nSPS) is 10.3. The molecular formula is C20H22FNO4. The van der Waals surface area contributed by atoms with Gasteiger partial charge in [0.25, 0.3) is 5.91 Å². The maximum Gasteiger partial charge on any atom is 0.344 e. The number of likely N-dealkylation sites (N-methyl/N-ethyl adjacent to an activating group) is 1. The Kier molecular flexibility index (Phi) is 6.72. The van der Waals surface area contributed by atoms with E-state index in [-0.39, 0.29) is 24.9 Å². The van der Waals surface area contributed by atoms with Crippen LogP contribution in [0.3, 0.4) is 0 Å². The number of benzene rings is 2. The highest BCUT2D eigenvalue weighted by atomic mass is 19.1. The molecule has 0 aliphatic carbocycles. The van der Waals surface area contributed by atoms with E-state index in [1.165, 1.54) is 17.0 Å². The summed E-state index contributed by atoms with van der Waals surface area (Å²) in [5, 5.41) is 0. The van der Waals surface area contributed by atoms with Crippen molar-refractivity contribution in [1.82, 2.24) is 4.90 Å². The van der Waals surface area contributed by atoms with Crippen LogP contribution in [0.25, 0.3) is 0 Å². The van der Waals surface area contributed by atoms with Crippen LogP contribution in [0.15, 0.2) is 42.5 Å². The lowest BCUT2D eigenvalue weighted by Crippen LogP contribution is -2.31. The van der Waals surface area contributed by atoms with Crippen LogP contribution in [0.5, 0.6) is 5.75 Å². The number of rotatable bonds is 7. The molecule has 0 aliphatic heterocycles. The molecule has 26 heavy (non-hydrogen) atoms. The number of carbonyl (C=O) groups is 2. The average molecular weight is 359 g/mol. The quantitative estimate of drug-likeness (QED) is 0.713. The summed E-state index contributed by atoms with van der Waals surface area (Å²) in [6, 6.07) is 11.4. The Morgan fingerprint density at radius 1 is 1.00 bits per heavy atom. The minimum Gasteiger partial charge on any atom is -0.482 e. The van der Waals surface area contributed by atoms with Gasteiger partial charge in [0.15, 0.2) is 13.2 Å². The molecule has 0 heterocycles. The predicted molar refractivity (Wildman–Crippen MR) is 95.2 cm³/mol. The van der Waals surface area contributed by atoms with Gasteiger partial charge in [0, 0.05) is 13.6 Å². The summed E-state index contributed by atoms with van der Waals surface area (Å²) in [6.45, 7) is 3.61. The largest absolute Gasteiger partial charge is 0.482 e. The van der Waals surface area contributed by atoms with Crippen LogP contribution in [0.1, 0.15) is 16.7 Å². The van der Waals surface area contributed by atoms with Gasteiger partial charge in [-0.05, 0) is 54.8 Å². The molecule has 2 aromatic rings. The highest BCUT2D eigenvalue weighted by molar-refractivity contribution is 5.80. The fraction of sp³-hybridized carbons (Fsp3) is 0.300. The minimum absolute atomic E-state index is 0.266. The second kappa shape index (κ2) is 8.99. The zero-order chi connectivity index (χ0) is 19.1. The molecule has 5 nitrogen and oxygen atoms in total. The lowest BCUT2D eigenvalue weighted by Gasteiger charge is -2.17. The van der Waals surface area contributed by atoms with Crippen LogP contribution in [0, 0.1) is 19.7 Å². The number of nitrogens with zero attached hydrogens (tertiary/aromatic N) is 1. The van der Waals surface area contributed by atoms with Crippen molar-refractivity contribution in [2.75, 3.05) is 20.3 Å². The van der Waals surface area contributed by atoms with E-state index in [1.54, 1.807) is 25.2 Å². The SMILES string of the molecule is Cc1ccc(OCC(=O)OCC(=O)N(C)Cc2ccc(F)cc2)cc1C. The molecule has 2 aromatic carbocycles. The van der Waals surface area contributed by atoms with Crippen molar-refractivity contribution < 1.29 is 23.5 Å². The van der Waals surface area contributed by atoms with Crippen LogP contribution < -0.4 is 4.74 Å². The molecule has 0 aliphatic rings. The summed E-state index contributed by atoms with van der Waals surface area (Å²) < 4.78 is 23.2. The van der Waals surface area contributed by atoms with Crippen LogP contribution in [0.2, 0.25) is 0 Å². The Bertz CT molecular complexity index is 774. The average Bonchev–Trinajstić information content (AvgIpc) is 2.62. The zero-order valence-electron chi connectivity index (χ0n) is 15.1. The molecule has 0 atom stereocenters. The number of hydrogen-bond acceptors (Lipinski definition) is 4. The van der Waals surface area contributed by atoms with Gasteiger partial charge in [0.2, 0.25) is 0 Å². The predicted octanol–water partition coefficient (Wildman–Crippen LogP) is 3.02. The molecule has 0 spiro atoms. The molecule has 2 rings (SSSR count). The van der Waals surface area contributed by atoms with Gasteiger partial charge in [-0.2, -0.15) is 0 Å². The Morgan fingerprint density at radius 2 is 1.69 bits per heavy atom. The monoisotopic (exact) mass is 359 g/mol. The molecule has 6 heteroatoms. The molecule has 1 amide bonds. The van der Waals surface area contributed by atoms with Gasteiger partial charge in [-0.3, -0.25) is 4.79 Å². The van der Waals surface area contributed by atoms with E-state index in [9.17, 15) is 14.0 Å². The van der Waals surface area contributed by atoms with Crippen LogP contribution in [-0.4, -0.2) is 37.0 Å². The second-order valence-electron chi connectivity index (χ2n) is 6.07. The molecule has 0 bridgehead atoms. The topological polar surface area (TPSA) is 55.8 Å². The van der Waals surface area contributed by atoms with E-state index in [1.807, 2.05) is 26.0 Å². The number of halogens is 1. The van der Waals surface area contributed by atoms with Crippen molar-refractivity contribution in [2.45, 2.75) is 20.4 Å². The highest BCUT2D eigenvalue weighted by Crippen LogP contribution is 2.16. The number of aryl methyl sites for hydroxylation is 2. The van der Waals surface area contributed by atoms with Crippen molar-refractivity contribution in [3.63, 3.8) is 0 Å². The molecule has 138 valence electrons. The highest BCUT2D eigenvalue weighted by Gasteiger charge is 2.13. The first-order chi connectivity index (χ1) is 12.3. The molecule has 0 radical (unpaired) electrons. The van der Waals surface area contributed by atoms with Crippen molar-refractivity contribution in [3.8, 4) is 5.75 Å². The van der Waals surface area contributed by atoms with Gasteiger partial charge in [-0.1, -0.05) is 18.2 Å². The van der Waals surface area contributed by atoms with E-state index < -0.39 is 5.97 Å². The first-order valence-electron chi connectivity index (χ1n) is 8.19. The first kappa shape index (κ1) is 19.4. The van der Waals surface area contributed by atoms with Gasteiger partial charge < -0.3 is 14.4 Å². The Labute approximate surface area is 152 Å². The van der Waals surface area contributed by atoms with Crippen molar-refractivity contribution >= 4 is 11.9 Å². The fourth-order valence-electron chi connectivity index (χ4n) is 2.19. The standard InChI is InChI=1S/C20H22FNO4/c1-14-4-9-18(10-15(14)2)25-13-20(24)26-12-19(23)22(3)11-16-5-7-17(21)8-6-16/h4-10H,11-13H2,1-3H3. The van der Waals surface area contributed by atoms with Crippen molar-refractivity contribution in [3.05, 3.63) is 65.0 Å². The molecule has 0 saturated carbocycles. The van der Waals surface area contributed by atoms with E-state index in [0.717, 1.165) is 16.7 Å². The second-order valence-corrected chi connectivity index (χ2v) is 6.07. The summed E-state index contributed by atoms with van der Waals surface area (Å²) in [5.41, 5.74) is 2.98. The fourth-order valence-corrected chi connectivity index (χ4v) is 2.19. The third-order valence-electron chi connectivity index (χ3n) is 3.95. The summed E-state index contributed by atoms with van der Waals surface area (Å²) in [6.07, 6.45) is 0. The van der Waals surface area contributed by atoms with E-state index in [2.05, 4.69) is 0 Å². The van der Waals surface area contributed by atoms with Gasteiger partial charge in [0.05, 0.1) is 0 Å². The van der Waals surface area contributed by atoms with E-state index >= 15 is 0 Å². The van der Waals surface area contributed by atoms with Crippen molar-refractivity contribution in [1.29, 1.82) is 0 Å². The van der Waals surface area contributed by atoms with Gasteiger partial charge in [-0.25, -0.2) is 9.18 Å². The number of esters is 1. The van der Waals surface area contributed by atoms with Crippen LogP contribution >= 0.6 is 0 Å². The Balaban J connectivity index is 1.74. The summed E-state index contributed by atoms with van der Waals surface area (Å²) in [4.78, 5) is 25.1. The number of hydrogen-bond donors (Lipinski definition) is 0. The van der Waals surface area contributed by atoms with Crippen LogP contribution in [-0.2, 0) is 20.9 Å². The summed E-state index contributed by atoms with van der Waals surface area (Å²) in [5.74, 6) is -0.731. The molecular weight excluding hydrogens is 337 g/mol. The summed E-state index contributed by atoms with van der Waals surface area (Å²) in [7, 11) is 1.59. The van der Waals surface area contributed by atoms with Crippen LogP contribution in [0.4, 0.5) is 4.39 Å². The number of carbonyl (C=O) groups excluding carboxylic acids is 2. The van der Waals surface area contributed by atoms with Gasteiger partial charge in [-0.15, -0.1) is 0 Å². The summed E-state index contributed by atoms with van der Waals surface area (Å²) >= 11 is 0. The van der Waals surface area contributed by atoms with Gasteiger partial charge in [0.1, 0.15) is 11.6 Å².